The molecule has 1 atom stereocenters. The molecule has 3 aromatic heterocycles. The fourth-order valence-electron chi connectivity index (χ4n) is 4.52. The molecule has 10 heteroatoms. The average Bonchev–Trinajstić information content (AvgIpc) is 3.47. The molecule has 1 saturated carbocycles. The van der Waals surface area contributed by atoms with Crippen LogP contribution in [0.3, 0.4) is 0 Å². The maximum absolute atomic E-state index is 11.2. The van der Waals surface area contributed by atoms with Crippen molar-refractivity contribution in [2.75, 3.05) is 4.90 Å². The number of hydrogen-bond donors (Lipinski definition) is 1. The molecule has 1 aliphatic heterocycles. The molecular formula is C19H22N8O2. The summed E-state index contributed by atoms with van der Waals surface area (Å²) in [4.78, 5) is 22.9. The van der Waals surface area contributed by atoms with Crippen LogP contribution in [0.15, 0.2) is 18.5 Å². The van der Waals surface area contributed by atoms with Crippen molar-refractivity contribution in [3.63, 3.8) is 0 Å². The maximum atomic E-state index is 11.2. The van der Waals surface area contributed by atoms with E-state index in [1.54, 1.807) is 12.4 Å². The molecule has 1 fully saturated rings. The van der Waals surface area contributed by atoms with E-state index in [1.807, 2.05) is 11.5 Å². The Hall–Kier alpha value is -3.30. The number of aryl methyl sites for hydroxylation is 1. The van der Waals surface area contributed by atoms with Crippen molar-refractivity contribution in [1.29, 1.82) is 0 Å². The molecule has 10 nitrogen and oxygen atoms in total. The van der Waals surface area contributed by atoms with E-state index < -0.39 is 5.97 Å². The van der Waals surface area contributed by atoms with Crippen LogP contribution >= 0.6 is 0 Å². The van der Waals surface area contributed by atoms with Crippen LogP contribution in [0.4, 0.5) is 5.82 Å². The molecule has 1 N–H and O–H groups in total. The van der Waals surface area contributed by atoms with Crippen molar-refractivity contribution < 1.29 is 9.90 Å². The molecule has 29 heavy (non-hydrogen) atoms. The quantitative estimate of drug-likeness (QED) is 0.718. The SMILES string of the molecule is CCC1c2nnc(C)n2-c2cnc(-n3ccc(C(=O)O)n3)nc2N1C1CCCC1. The van der Waals surface area contributed by atoms with Crippen LogP contribution in [0.5, 0.6) is 0 Å². The van der Waals surface area contributed by atoms with Gasteiger partial charge in [0.1, 0.15) is 11.5 Å². The molecule has 0 amide bonds. The molecule has 3 aromatic rings. The van der Waals surface area contributed by atoms with E-state index >= 15 is 0 Å². The van der Waals surface area contributed by atoms with Crippen LogP contribution in [-0.2, 0) is 0 Å². The fourth-order valence-corrected chi connectivity index (χ4v) is 4.52. The number of carboxylic acid groups (broad SMARTS) is 1. The van der Waals surface area contributed by atoms with Crippen LogP contribution in [-0.4, -0.2) is 51.6 Å². The van der Waals surface area contributed by atoms with Crippen molar-refractivity contribution in [1.82, 2.24) is 34.5 Å². The van der Waals surface area contributed by atoms with Gasteiger partial charge in [0.2, 0.25) is 0 Å². The molecule has 5 rings (SSSR count). The second-order valence-corrected chi connectivity index (χ2v) is 7.54. The molecule has 0 saturated heterocycles. The highest BCUT2D eigenvalue weighted by atomic mass is 16.4. The first kappa shape index (κ1) is 17.8. The van der Waals surface area contributed by atoms with Gasteiger partial charge < -0.3 is 10.0 Å². The molecule has 2 aliphatic rings. The summed E-state index contributed by atoms with van der Waals surface area (Å²) in [6.07, 6.45) is 8.86. The van der Waals surface area contributed by atoms with Crippen LogP contribution in [0, 0.1) is 6.92 Å². The number of hydrogen-bond acceptors (Lipinski definition) is 7. The van der Waals surface area contributed by atoms with E-state index in [0.29, 0.717) is 12.0 Å². The van der Waals surface area contributed by atoms with E-state index in [1.165, 1.54) is 23.6 Å². The van der Waals surface area contributed by atoms with E-state index in [4.69, 9.17) is 10.1 Å². The highest BCUT2D eigenvalue weighted by molar-refractivity contribution is 5.85. The number of aromatic carboxylic acids is 1. The van der Waals surface area contributed by atoms with Gasteiger partial charge in [0, 0.05) is 12.2 Å². The molecule has 0 bridgehead atoms. The van der Waals surface area contributed by atoms with Gasteiger partial charge >= 0.3 is 5.97 Å². The van der Waals surface area contributed by atoms with Gasteiger partial charge in [-0.3, -0.25) is 4.57 Å². The zero-order valence-electron chi connectivity index (χ0n) is 16.4. The lowest BCUT2D eigenvalue weighted by atomic mass is 10.0. The lowest BCUT2D eigenvalue weighted by Gasteiger charge is -2.41. The summed E-state index contributed by atoms with van der Waals surface area (Å²) in [6, 6.07) is 1.91. The van der Waals surface area contributed by atoms with E-state index in [-0.39, 0.29) is 11.7 Å². The molecule has 0 aromatic carbocycles. The molecule has 4 heterocycles. The second-order valence-electron chi connectivity index (χ2n) is 7.54. The lowest BCUT2D eigenvalue weighted by Crippen LogP contribution is -2.42. The van der Waals surface area contributed by atoms with Crippen LogP contribution < -0.4 is 4.90 Å². The summed E-state index contributed by atoms with van der Waals surface area (Å²) in [5.41, 5.74) is 0.816. The Morgan fingerprint density at radius 2 is 2.07 bits per heavy atom. The Morgan fingerprint density at radius 1 is 1.28 bits per heavy atom. The molecular weight excluding hydrogens is 372 g/mol. The molecule has 150 valence electrons. The van der Waals surface area contributed by atoms with Gasteiger partial charge in [-0.15, -0.1) is 10.2 Å². The predicted molar refractivity (Wildman–Crippen MR) is 104 cm³/mol. The molecule has 0 spiro atoms. The predicted octanol–water partition coefficient (Wildman–Crippen LogP) is 2.46. The smallest absolute Gasteiger partial charge is 0.356 e. The largest absolute Gasteiger partial charge is 0.476 e. The highest BCUT2D eigenvalue weighted by Gasteiger charge is 2.39. The van der Waals surface area contributed by atoms with Crippen LogP contribution in [0.1, 0.15) is 67.2 Å². The Kier molecular flexibility index (Phi) is 4.07. The van der Waals surface area contributed by atoms with Gasteiger partial charge in [0.05, 0.1) is 12.2 Å². The van der Waals surface area contributed by atoms with E-state index in [9.17, 15) is 4.79 Å². The third-order valence-corrected chi connectivity index (χ3v) is 5.82. The maximum Gasteiger partial charge on any atom is 0.356 e. The summed E-state index contributed by atoms with van der Waals surface area (Å²) < 4.78 is 3.44. The minimum Gasteiger partial charge on any atom is -0.476 e. The van der Waals surface area contributed by atoms with Gasteiger partial charge in [0.15, 0.2) is 17.3 Å². The van der Waals surface area contributed by atoms with Gasteiger partial charge in [-0.2, -0.15) is 10.1 Å². The Labute approximate surface area is 167 Å². The third-order valence-electron chi connectivity index (χ3n) is 5.82. The topological polar surface area (TPSA) is 115 Å². The monoisotopic (exact) mass is 394 g/mol. The second kappa shape index (κ2) is 6.64. The standard InChI is InChI=1S/C19H22N8O2/c1-3-14-17-23-22-11(2)26(17)15-10-20-19(25-9-8-13(24-25)18(28)29)21-16(15)27(14)12-6-4-5-7-12/h8-10,12,14H,3-7H2,1-2H3,(H,28,29). The number of fused-ring (bicyclic) bond motifs is 3. The highest BCUT2D eigenvalue weighted by Crippen LogP contribution is 2.43. The third kappa shape index (κ3) is 2.70. The summed E-state index contributed by atoms with van der Waals surface area (Å²) in [7, 11) is 0. The first-order valence-electron chi connectivity index (χ1n) is 9.95. The van der Waals surface area contributed by atoms with Gasteiger partial charge in [-0.05, 0) is 32.3 Å². The van der Waals surface area contributed by atoms with Crippen LogP contribution in [0.25, 0.3) is 11.6 Å². The molecule has 0 radical (unpaired) electrons. The van der Waals surface area contributed by atoms with Crippen LogP contribution in [0.2, 0.25) is 0 Å². The Balaban J connectivity index is 1.68. The average molecular weight is 394 g/mol. The summed E-state index contributed by atoms with van der Waals surface area (Å²) in [5, 5.41) is 22.0. The number of carboxylic acids is 1. The zero-order chi connectivity index (χ0) is 20.1. The van der Waals surface area contributed by atoms with E-state index in [2.05, 4.69) is 32.1 Å². The molecule has 1 aliphatic carbocycles. The number of carbonyl (C=O) groups is 1. The summed E-state index contributed by atoms with van der Waals surface area (Å²) >= 11 is 0. The molecule has 1 unspecified atom stereocenters. The van der Waals surface area contributed by atoms with Crippen molar-refractivity contribution >= 4 is 11.8 Å². The Bertz CT molecular complexity index is 1080. The minimum absolute atomic E-state index is 0.0395. The fraction of sp³-hybridized carbons (Fsp3) is 0.474. The number of rotatable bonds is 4. The van der Waals surface area contributed by atoms with Crippen molar-refractivity contribution in [3.8, 4) is 11.6 Å². The van der Waals surface area contributed by atoms with Gasteiger partial charge in [-0.1, -0.05) is 19.8 Å². The number of anilines is 1. The first-order chi connectivity index (χ1) is 14.1. The van der Waals surface area contributed by atoms with Crippen molar-refractivity contribution in [3.05, 3.63) is 35.8 Å². The Morgan fingerprint density at radius 3 is 2.76 bits per heavy atom. The number of aromatic nitrogens is 7. The summed E-state index contributed by atoms with van der Waals surface area (Å²) in [6.45, 7) is 4.08. The zero-order valence-corrected chi connectivity index (χ0v) is 16.4. The summed E-state index contributed by atoms with van der Waals surface area (Å²) in [5.74, 6) is 1.83. The first-order valence-corrected chi connectivity index (χ1v) is 9.95. The normalized spacial score (nSPS) is 18.7. The minimum atomic E-state index is -1.08. The lowest BCUT2D eigenvalue weighted by molar-refractivity contribution is 0.0690. The van der Waals surface area contributed by atoms with Gasteiger partial charge in [-0.25, -0.2) is 14.5 Å². The van der Waals surface area contributed by atoms with E-state index in [0.717, 1.165) is 42.4 Å². The van der Waals surface area contributed by atoms with Gasteiger partial charge in [0.25, 0.3) is 5.95 Å². The van der Waals surface area contributed by atoms with Crippen molar-refractivity contribution in [2.45, 2.75) is 58.0 Å². The van der Waals surface area contributed by atoms with Crippen molar-refractivity contribution in [2.24, 2.45) is 0 Å². The number of nitrogens with zero attached hydrogens (tertiary/aromatic N) is 8.